The van der Waals surface area contributed by atoms with Crippen LogP contribution in [0.5, 0.6) is 0 Å². The van der Waals surface area contributed by atoms with Gasteiger partial charge in [-0.15, -0.1) is 0 Å². The van der Waals surface area contributed by atoms with E-state index in [4.69, 9.17) is 4.74 Å². The number of unbranched alkanes of at least 4 members (excludes halogenated alkanes) is 48. The number of hydrogen-bond acceptors (Lipinski definition) is 5. The third-order valence-corrected chi connectivity index (χ3v) is 15.3. The van der Waals surface area contributed by atoms with Crippen LogP contribution in [0.15, 0.2) is 12.2 Å². The standard InChI is InChI=1S/C65H127NO5/c1-3-5-7-9-11-13-15-17-19-21-23-24-25-26-27-29-30-32-34-37-41-45-49-53-57-63(68)62(61-67)66-64(69)58-54-50-46-42-38-36-40-44-48-52-56-60-71-65(70)59-55-51-47-43-39-35-33-31-28-22-20-18-16-14-12-10-8-6-4-2/h18,20,62-63,67-68H,3-17,19,21-61H2,1-2H3,(H,66,69)/b20-18-. The van der Waals surface area contributed by atoms with Gasteiger partial charge in [0.2, 0.25) is 5.91 Å². The summed E-state index contributed by atoms with van der Waals surface area (Å²) >= 11 is 0. The summed E-state index contributed by atoms with van der Waals surface area (Å²) in [5.74, 6) is -0.0614. The van der Waals surface area contributed by atoms with Crippen molar-refractivity contribution >= 4 is 11.9 Å². The molecular weight excluding hydrogens is 875 g/mol. The van der Waals surface area contributed by atoms with Crippen molar-refractivity contribution in [1.29, 1.82) is 0 Å². The normalized spacial score (nSPS) is 12.6. The van der Waals surface area contributed by atoms with Crippen LogP contribution in [0.4, 0.5) is 0 Å². The molecule has 0 bridgehead atoms. The van der Waals surface area contributed by atoms with Crippen LogP contribution in [0.1, 0.15) is 367 Å². The van der Waals surface area contributed by atoms with Crippen LogP contribution in [-0.2, 0) is 14.3 Å². The van der Waals surface area contributed by atoms with Gasteiger partial charge < -0.3 is 20.3 Å². The van der Waals surface area contributed by atoms with E-state index >= 15 is 0 Å². The predicted molar refractivity (Wildman–Crippen MR) is 310 cm³/mol. The zero-order valence-corrected chi connectivity index (χ0v) is 48.2. The number of nitrogens with one attached hydrogen (secondary N) is 1. The molecule has 0 rings (SSSR count). The van der Waals surface area contributed by atoms with Gasteiger partial charge in [-0.2, -0.15) is 0 Å². The van der Waals surface area contributed by atoms with E-state index in [0.29, 0.717) is 25.9 Å². The molecule has 0 aromatic carbocycles. The largest absolute Gasteiger partial charge is 0.466 e. The summed E-state index contributed by atoms with van der Waals surface area (Å²) in [7, 11) is 0. The van der Waals surface area contributed by atoms with Gasteiger partial charge in [0.25, 0.3) is 0 Å². The van der Waals surface area contributed by atoms with Gasteiger partial charge in [0.15, 0.2) is 0 Å². The van der Waals surface area contributed by atoms with Crippen LogP contribution in [0.3, 0.4) is 0 Å². The van der Waals surface area contributed by atoms with Crippen LogP contribution < -0.4 is 5.32 Å². The topological polar surface area (TPSA) is 95.9 Å². The maximum absolute atomic E-state index is 12.5. The van der Waals surface area contributed by atoms with Crippen LogP contribution in [0, 0.1) is 0 Å². The maximum atomic E-state index is 12.5. The molecule has 1 amide bonds. The number of carbonyl (C=O) groups is 2. The van der Waals surface area contributed by atoms with Crippen LogP contribution in [0.2, 0.25) is 0 Å². The molecule has 3 N–H and O–H groups in total. The molecule has 71 heavy (non-hydrogen) atoms. The summed E-state index contributed by atoms with van der Waals surface area (Å²) in [6.45, 7) is 4.94. The molecule has 0 spiro atoms. The molecule has 0 aromatic rings. The third kappa shape index (κ3) is 57.7. The highest BCUT2D eigenvalue weighted by atomic mass is 16.5. The summed E-state index contributed by atoms with van der Waals surface area (Å²) in [5.41, 5.74) is 0. The first-order chi connectivity index (χ1) is 35.0. The lowest BCUT2D eigenvalue weighted by atomic mass is 10.0. The Morgan fingerprint density at radius 1 is 0.380 bits per heavy atom. The number of aliphatic hydroxyl groups excluding tert-OH is 2. The Kier molecular flexibility index (Phi) is 59.9. The number of rotatable bonds is 61. The molecule has 0 radical (unpaired) electrons. The fourth-order valence-electron chi connectivity index (χ4n) is 10.3. The van der Waals surface area contributed by atoms with Crippen LogP contribution in [-0.4, -0.2) is 47.4 Å². The SMILES string of the molecule is CCCCCCCC/C=C\CCCCCCCCCCCC(=O)OCCCCCCCCCCCCCC(=O)NC(CO)C(O)CCCCCCCCCCCCCCCCCCCCCCCCCC. The molecule has 6 heteroatoms. The number of esters is 1. The number of carbonyl (C=O) groups excluding carboxylic acids is 2. The zero-order valence-electron chi connectivity index (χ0n) is 48.2. The van der Waals surface area contributed by atoms with Crippen LogP contribution in [0.25, 0.3) is 0 Å². The Balaban J connectivity index is 3.43. The Hall–Kier alpha value is -1.40. The molecule has 0 saturated heterocycles. The lowest BCUT2D eigenvalue weighted by molar-refractivity contribution is -0.143. The second kappa shape index (κ2) is 61.1. The Labute approximate surface area is 444 Å². The Morgan fingerprint density at radius 3 is 1.00 bits per heavy atom. The van der Waals surface area contributed by atoms with Crippen molar-refractivity contribution in [3.8, 4) is 0 Å². The van der Waals surface area contributed by atoms with Gasteiger partial charge in [-0.3, -0.25) is 9.59 Å². The van der Waals surface area contributed by atoms with E-state index in [1.54, 1.807) is 0 Å². The van der Waals surface area contributed by atoms with E-state index in [9.17, 15) is 19.8 Å². The summed E-state index contributed by atoms with van der Waals surface area (Å²) in [5, 5.41) is 23.4. The molecule has 0 saturated carbocycles. The van der Waals surface area contributed by atoms with Gasteiger partial charge in [0.05, 0.1) is 25.4 Å². The van der Waals surface area contributed by atoms with E-state index in [-0.39, 0.29) is 18.5 Å². The van der Waals surface area contributed by atoms with Crippen molar-refractivity contribution in [2.45, 2.75) is 379 Å². The number of ether oxygens (including phenoxy) is 1. The molecule has 0 aliphatic carbocycles. The fraction of sp³-hybridized carbons (Fsp3) is 0.938. The van der Waals surface area contributed by atoms with Crippen molar-refractivity contribution in [2.24, 2.45) is 0 Å². The average molecular weight is 1000 g/mol. The maximum Gasteiger partial charge on any atom is 0.305 e. The van der Waals surface area contributed by atoms with Gasteiger partial charge >= 0.3 is 5.97 Å². The minimum absolute atomic E-state index is 0.0123. The van der Waals surface area contributed by atoms with E-state index in [2.05, 4.69) is 31.3 Å². The second-order valence-corrected chi connectivity index (χ2v) is 22.5. The first-order valence-electron chi connectivity index (χ1n) is 32.4. The highest BCUT2D eigenvalue weighted by molar-refractivity contribution is 5.76. The lowest BCUT2D eigenvalue weighted by Gasteiger charge is -2.22. The molecule has 0 aliphatic rings. The van der Waals surface area contributed by atoms with Gasteiger partial charge in [-0.05, 0) is 51.4 Å². The average Bonchev–Trinajstić information content (AvgIpc) is 3.37. The summed E-state index contributed by atoms with van der Waals surface area (Å²) in [6.07, 6.45) is 73.7. The Morgan fingerprint density at radius 2 is 0.662 bits per heavy atom. The van der Waals surface area contributed by atoms with E-state index in [1.807, 2.05) is 0 Å². The highest BCUT2D eigenvalue weighted by Crippen LogP contribution is 2.18. The summed E-state index contributed by atoms with van der Waals surface area (Å²) in [6, 6.07) is -0.556. The highest BCUT2D eigenvalue weighted by Gasteiger charge is 2.20. The number of aliphatic hydroxyl groups is 2. The van der Waals surface area contributed by atoms with Gasteiger partial charge in [0, 0.05) is 12.8 Å². The van der Waals surface area contributed by atoms with Crippen molar-refractivity contribution in [2.75, 3.05) is 13.2 Å². The van der Waals surface area contributed by atoms with E-state index in [1.165, 1.54) is 276 Å². The van der Waals surface area contributed by atoms with E-state index < -0.39 is 12.1 Å². The molecule has 2 atom stereocenters. The Bertz CT molecular complexity index is 1060. The van der Waals surface area contributed by atoms with Crippen molar-refractivity contribution in [3.63, 3.8) is 0 Å². The first-order valence-corrected chi connectivity index (χ1v) is 32.4. The predicted octanol–water partition coefficient (Wildman–Crippen LogP) is 20.4. The first kappa shape index (κ1) is 69.6. The van der Waals surface area contributed by atoms with Gasteiger partial charge in [0.1, 0.15) is 0 Å². The number of amides is 1. The summed E-state index contributed by atoms with van der Waals surface area (Å²) < 4.78 is 5.49. The number of hydrogen-bond donors (Lipinski definition) is 3. The molecule has 0 heterocycles. The smallest absolute Gasteiger partial charge is 0.305 e. The minimum Gasteiger partial charge on any atom is -0.466 e. The quantitative estimate of drug-likeness (QED) is 0.0320. The molecule has 0 fully saturated rings. The van der Waals surface area contributed by atoms with Crippen molar-refractivity contribution in [1.82, 2.24) is 5.32 Å². The molecule has 6 nitrogen and oxygen atoms in total. The molecule has 0 aromatic heterocycles. The van der Waals surface area contributed by atoms with Crippen LogP contribution >= 0.6 is 0 Å². The third-order valence-electron chi connectivity index (χ3n) is 15.3. The van der Waals surface area contributed by atoms with Crippen molar-refractivity contribution < 1.29 is 24.5 Å². The molecule has 2 unspecified atom stereocenters. The van der Waals surface area contributed by atoms with Gasteiger partial charge in [-0.1, -0.05) is 315 Å². The number of allylic oxidation sites excluding steroid dienone is 2. The second-order valence-electron chi connectivity index (χ2n) is 22.5. The minimum atomic E-state index is -0.678. The zero-order chi connectivity index (χ0) is 51.4. The lowest BCUT2D eigenvalue weighted by Crippen LogP contribution is -2.45. The molecule has 422 valence electrons. The summed E-state index contributed by atoms with van der Waals surface area (Å²) in [4.78, 5) is 24.6. The molecular formula is C65H127NO5. The molecule has 0 aliphatic heterocycles. The van der Waals surface area contributed by atoms with Gasteiger partial charge in [-0.25, -0.2) is 0 Å². The van der Waals surface area contributed by atoms with E-state index in [0.717, 1.165) is 57.8 Å². The van der Waals surface area contributed by atoms with Crippen molar-refractivity contribution in [3.05, 3.63) is 12.2 Å². The monoisotopic (exact) mass is 1000 g/mol. The fourth-order valence-corrected chi connectivity index (χ4v) is 10.3.